The lowest BCUT2D eigenvalue weighted by Crippen LogP contribution is -2.29. The van der Waals surface area contributed by atoms with Gasteiger partial charge in [-0.3, -0.25) is 4.79 Å². The van der Waals surface area contributed by atoms with Crippen LogP contribution in [0.4, 0.5) is 5.82 Å². The van der Waals surface area contributed by atoms with Crippen LogP contribution in [0.25, 0.3) is 0 Å². The molecule has 0 saturated carbocycles. The molecule has 2 aromatic rings. The minimum atomic E-state index is -0.147. The molecule has 0 radical (unpaired) electrons. The zero-order chi connectivity index (χ0) is 15.1. The van der Waals surface area contributed by atoms with Crippen LogP contribution in [0.2, 0.25) is 0 Å². The third-order valence-corrected chi connectivity index (χ3v) is 3.02. The van der Waals surface area contributed by atoms with Crippen LogP contribution in [-0.2, 0) is 11.3 Å². The molecule has 0 unspecified atom stereocenters. The summed E-state index contributed by atoms with van der Waals surface area (Å²) in [6.07, 6.45) is 1.61. The first-order chi connectivity index (χ1) is 10.2. The Morgan fingerprint density at radius 3 is 2.76 bits per heavy atom. The van der Waals surface area contributed by atoms with Gasteiger partial charge in [0.05, 0.1) is 12.1 Å². The molecule has 1 aromatic heterocycles. The summed E-state index contributed by atoms with van der Waals surface area (Å²) >= 11 is 0. The molecule has 0 aliphatic carbocycles. The van der Waals surface area contributed by atoms with E-state index in [9.17, 15) is 4.79 Å². The van der Waals surface area contributed by atoms with E-state index in [-0.39, 0.29) is 12.5 Å². The predicted octanol–water partition coefficient (Wildman–Crippen LogP) is 1.99. The minimum Gasteiger partial charge on any atom is -0.360 e. The number of hydrogen-bond donors (Lipinski definition) is 2. The van der Waals surface area contributed by atoms with Crippen LogP contribution in [0.15, 0.2) is 42.6 Å². The largest absolute Gasteiger partial charge is 0.360 e. The van der Waals surface area contributed by atoms with Crippen LogP contribution >= 0.6 is 0 Å². The van der Waals surface area contributed by atoms with Crippen LogP contribution in [0, 0.1) is 18.3 Å². The van der Waals surface area contributed by atoms with Gasteiger partial charge < -0.3 is 10.6 Å². The first kappa shape index (κ1) is 14.5. The fourth-order valence-corrected chi connectivity index (χ4v) is 1.86. The zero-order valence-corrected chi connectivity index (χ0v) is 11.8. The predicted molar refractivity (Wildman–Crippen MR) is 80.5 cm³/mol. The molecule has 0 atom stereocenters. The van der Waals surface area contributed by atoms with E-state index in [4.69, 9.17) is 5.26 Å². The van der Waals surface area contributed by atoms with E-state index in [2.05, 4.69) is 21.7 Å². The van der Waals surface area contributed by atoms with Crippen molar-refractivity contribution >= 4 is 11.7 Å². The van der Waals surface area contributed by atoms with Gasteiger partial charge in [-0.15, -0.1) is 0 Å². The smallest absolute Gasteiger partial charge is 0.239 e. The van der Waals surface area contributed by atoms with Gasteiger partial charge in [-0.25, -0.2) is 4.98 Å². The van der Waals surface area contributed by atoms with Gasteiger partial charge >= 0.3 is 0 Å². The first-order valence-corrected chi connectivity index (χ1v) is 6.61. The maximum Gasteiger partial charge on any atom is 0.239 e. The standard InChI is InChI=1S/C16H16N4O/c1-12-7-8-18-16(14(12)9-17)20-11-15(21)19-10-13-5-3-2-4-6-13/h2-8H,10-11H2,1H3,(H,18,20)(H,19,21). The second kappa shape index (κ2) is 7.06. The monoisotopic (exact) mass is 280 g/mol. The second-order valence-corrected chi connectivity index (χ2v) is 4.58. The molecule has 0 aliphatic heterocycles. The van der Waals surface area contributed by atoms with Crippen LogP contribution in [0.5, 0.6) is 0 Å². The summed E-state index contributed by atoms with van der Waals surface area (Å²) in [6, 6.07) is 13.5. The number of nitrogens with one attached hydrogen (secondary N) is 2. The van der Waals surface area contributed by atoms with Crippen molar-refractivity contribution in [3.05, 3.63) is 59.3 Å². The van der Waals surface area contributed by atoms with Crippen molar-refractivity contribution in [3.63, 3.8) is 0 Å². The summed E-state index contributed by atoms with van der Waals surface area (Å²) < 4.78 is 0. The summed E-state index contributed by atoms with van der Waals surface area (Å²) in [4.78, 5) is 15.9. The van der Waals surface area contributed by atoms with E-state index >= 15 is 0 Å². The topological polar surface area (TPSA) is 77.8 Å². The third-order valence-electron chi connectivity index (χ3n) is 3.02. The molecule has 2 rings (SSSR count). The van der Waals surface area contributed by atoms with E-state index in [1.807, 2.05) is 37.3 Å². The molecule has 2 N–H and O–H groups in total. The maximum atomic E-state index is 11.8. The molecular weight excluding hydrogens is 264 g/mol. The van der Waals surface area contributed by atoms with Gasteiger partial charge in [0.2, 0.25) is 5.91 Å². The molecule has 5 heteroatoms. The van der Waals surface area contributed by atoms with Crippen molar-refractivity contribution in [2.24, 2.45) is 0 Å². The Labute approximate surface area is 123 Å². The number of aryl methyl sites for hydroxylation is 1. The molecule has 0 fully saturated rings. The quantitative estimate of drug-likeness (QED) is 0.878. The Balaban J connectivity index is 1.87. The lowest BCUT2D eigenvalue weighted by Gasteiger charge is -2.09. The maximum absolute atomic E-state index is 11.8. The number of hydrogen-bond acceptors (Lipinski definition) is 4. The van der Waals surface area contributed by atoms with E-state index in [1.165, 1.54) is 0 Å². The van der Waals surface area contributed by atoms with Crippen LogP contribution in [0.3, 0.4) is 0 Å². The van der Waals surface area contributed by atoms with Gasteiger partial charge in [0.1, 0.15) is 11.9 Å². The number of nitriles is 1. The van der Waals surface area contributed by atoms with Crippen LogP contribution in [0.1, 0.15) is 16.7 Å². The Hall–Kier alpha value is -2.87. The molecule has 0 saturated heterocycles. The SMILES string of the molecule is Cc1ccnc(NCC(=O)NCc2ccccc2)c1C#N. The Morgan fingerprint density at radius 1 is 1.29 bits per heavy atom. The van der Waals surface area contributed by atoms with Gasteiger partial charge in [0, 0.05) is 12.7 Å². The summed E-state index contributed by atoms with van der Waals surface area (Å²) in [6.45, 7) is 2.40. The van der Waals surface area contributed by atoms with E-state index < -0.39 is 0 Å². The summed E-state index contributed by atoms with van der Waals surface area (Å²) in [5.74, 6) is 0.290. The fourth-order valence-electron chi connectivity index (χ4n) is 1.86. The molecule has 5 nitrogen and oxygen atoms in total. The van der Waals surface area contributed by atoms with Gasteiger partial charge in [-0.05, 0) is 24.1 Å². The normalized spacial score (nSPS) is 9.71. The number of nitrogens with zero attached hydrogens (tertiary/aromatic N) is 2. The zero-order valence-electron chi connectivity index (χ0n) is 11.8. The Kier molecular flexibility index (Phi) is 4.89. The highest BCUT2D eigenvalue weighted by molar-refractivity contribution is 5.80. The Morgan fingerprint density at radius 2 is 2.05 bits per heavy atom. The number of carbonyl (C=O) groups is 1. The summed E-state index contributed by atoms with van der Waals surface area (Å²) in [7, 11) is 0. The van der Waals surface area contributed by atoms with Crippen LogP contribution < -0.4 is 10.6 Å². The number of rotatable bonds is 5. The van der Waals surface area contributed by atoms with Gasteiger partial charge in [-0.2, -0.15) is 5.26 Å². The van der Waals surface area contributed by atoms with Crippen molar-refractivity contribution in [1.29, 1.82) is 5.26 Å². The first-order valence-electron chi connectivity index (χ1n) is 6.61. The number of carbonyl (C=O) groups excluding carboxylic acids is 1. The van der Waals surface area contributed by atoms with Crippen molar-refractivity contribution in [2.45, 2.75) is 13.5 Å². The molecule has 0 bridgehead atoms. The molecule has 1 aromatic carbocycles. The van der Waals surface area contributed by atoms with Crippen molar-refractivity contribution in [3.8, 4) is 6.07 Å². The number of aromatic nitrogens is 1. The molecular formula is C16H16N4O. The van der Waals surface area contributed by atoms with Gasteiger partial charge in [0.25, 0.3) is 0 Å². The van der Waals surface area contributed by atoms with Crippen LogP contribution in [-0.4, -0.2) is 17.4 Å². The lowest BCUT2D eigenvalue weighted by atomic mass is 10.1. The van der Waals surface area contributed by atoms with E-state index in [1.54, 1.807) is 12.3 Å². The average molecular weight is 280 g/mol. The molecule has 0 spiro atoms. The molecule has 106 valence electrons. The second-order valence-electron chi connectivity index (χ2n) is 4.58. The number of anilines is 1. The highest BCUT2D eigenvalue weighted by atomic mass is 16.1. The number of pyridine rings is 1. The van der Waals surface area contributed by atoms with Gasteiger partial charge in [0.15, 0.2) is 0 Å². The summed E-state index contributed by atoms with van der Waals surface area (Å²) in [5, 5.41) is 14.8. The third kappa shape index (κ3) is 4.05. The molecule has 0 aliphatic rings. The lowest BCUT2D eigenvalue weighted by molar-refractivity contribution is -0.119. The average Bonchev–Trinajstić information content (AvgIpc) is 2.52. The van der Waals surface area contributed by atoms with E-state index in [0.29, 0.717) is 17.9 Å². The number of benzene rings is 1. The summed E-state index contributed by atoms with van der Waals surface area (Å²) in [5.41, 5.74) is 2.34. The molecule has 1 amide bonds. The fraction of sp³-hybridized carbons (Fsp3) is 0.188. The molecule has 21 heavy (non-hydrogen) atoms. The van der Waals surface area contributed by atoms with Crippen molar-refractivity contribution in [2.75, 3.05) is 11.9 Å². The minimum absolute atomic E-state index is 0.0813. The van der Waals surface area contributed by atoms with Crippen molar-refractivity contribution < 1.29 is 4.79 Å². The van der Waals surface area contributed by atoms with Crippen molar-refractivity contribution in [1.82, 2.24) is 10.3 Å². The van der Waals surface area contributed by atoms with E-state index in [0.717, 1.165) is 11.1 Å². The molecule has 1 heterocycles. The Bertz CT molecular complexity index is 662. The van der Waals surface area contributed by atoms with Gasteiger partial charge in [-0.1, -0.05) is 30.3 Å². The highest BCUT2D eigenvalue weighted by Crippen LogP contribution is 2.14. The highest BCUT2D eigenvalue weighted by Gasteiger charge is 2.08. The number of amides is 1.